The summed E-state index contributed by atoms with van der Waals surface area (Å²) in [6.07, 6.45) is 0.355. The van der Waals surface area contributed by atoms with E-state index in [1.807, 2.05) is 30.3 Å². The molecule has 1 aliphatic heterocycles. The summed E-state index contributed by atoms with van der Waals surface area (Å²) in [6, 6.07) is 10.9. The molecule has 0 bridgehead atoms. The van der Waals surface area contributed by atoms with Gasteiger partial charge in [0.1, 0.15) is 12.3 Å². The number of aromatic nitrogens is 1. The number of carbonyl (C=O) groups is 2. The number of amides is 2. The molecule has 2 aromatic rings. The van der Waals surface area contributed by atoms with E-state index >= 15 is 0 Å². The van der Waals surface area contributed by atoms with E-state index < -0.39 is 0 Å². The highest BCUT2D eigenvalue weighted by atomic mass is 16.5. The van der Waals surface area contributed by atoms with E-state index in [4.69, 9.17) is 9.47 Å². The third-order valence-electron chi connectivity index (χ3n) is 4.36. The molecule has 26 heavy (non-hydrogen) atoms. The molecule has 2 atom stereocenters. The van der Waals surface area contributed by atoms with E-state index in [1.54, 1.807) is 20.2 Å². The Morgan fingerprint density at radius 1 is 1.27 bits per heavy atom. The fraction of sp³-hybridized carbons (Fsp3) is 0.421. The Balaban J connectivity index is 1.66. The first-order chi connectivity index (χ1) is 12.5. The van der Waals surface area contributed by atoms with Gasteiger partial charge in [0.05, 0.1) is 24.3 Å². The predicted molar refractivity (Wildman–Crippen MR) is 96.9 cm³/mol. The predicted octanol–water partition coefficient (Wildman–Crippen LogP) is 1.23. The first-order valence-electron chi connectivity index (χ1n) is 8.61. The Morgan fingerprint density at radius 3 is 2.88 bits per heavy atom. The number of likely N-dealkylation sites (N-methyl/N-ethyl adjacent to an activating group) is 1. The van der Waals surface area contributed by atoms with Crippen LogP contribution in [0.15, 0.2) is 36.4 Å². The molecule has 1 aliphatic rings. The van der Waals surface area contributed by atoms with Crippen LogP contribution in [0, 0.1) is 0 Å². The summed E-state index contributed by atoms with van der Waals surface area (Å²) in [5, 5.41) is 3.91. The van der Waals surface area contributed by atoms with Crippen molar-refractivity contribution < 1.29 is 19.1 Å². The highest BCUT2D eigenvalue weighted by Gasteiger charge is 2.29. The Bertz CT molecular complexity index is 793. The Hall–Kier alpha value is -2.51. The molecular formula is C19H23N3O4. The molecule has 1 fully saturated rings. The van der Waals surface area contributed by atoms with Gasteiger partial charge in [-0.2, -0.15) is 0 Å². The lowest BCUT2D eigenvalue weighted by atomic mass is 10.1. The van der Waals surface area contributed by atoms with Crippen molar-refractivity contribution in [2.45, 2.75) is 18.6 Å². The Morgan fingerprint density at radius 2 is 2.08 bits per heavy atom. The monoisotopic (exact) mass is 357 g/mol. The molecule has 0 aliphatic carbocycles. The maximum Gasteiger partial charge on any atom is 0.270 e. The molecule has 0 unspecified atom stereocenters. The number of hydrogen-bond acceptors (Lipinski definition) is 5. The molecule has 7 heteroatoms. The van der Waals surface area contributed by atoms with Crippen molar-refractivity contribution in [2.24, 2.45) is 0 Å². The number of pyridine rings is 1. The highest BCUT2D eigenvalue weighted by molar-refractivity contribution is 5.95. The third-order valence-corrected chi connectivity index (χ3v) is 4.36. The van der Waals surface area contributed by atoms with Gasteiger partial charge in [-0.3, -0.25) is 9.59 Å². The van der Waals surface area contributed by atoms with Crippen LogP contribution < -0.4 is 5.32 Å². The van der Waals surface area contributed by atoms with Gasteiger partial charge in [-0.05, 0) is 18.6 Å². The van der Waals surface area contributed by atoms with E-state index in [2.05, 4.69) is 10.3 Å². The summed E-state index contributed by atoms with van der Waals surface area (Å²) in [4.78, 5) is 30.2. The minimum absolute atomic E-state index is 0.0156. The second-order valence-electron chi connectivity index (χ2n) is 6.47. The minimum atomic E-state index is -0.320. The lowest BCUT2D eigenvalue weighted by molar-refractivity contribution is -0.138. The van der Waals surface area contributed by atoms with Crippen LogP contribution in [-0.4, -0.2) is 67.8 Å². The van der Waals surface area contributed by atoms with Crippen LogP contribution in [0.1, 0.15) is 16.9 Å². The number of nitrogens with zero attached hydrogens (tertiary/aromatic N) is 2. The number of benzene rings is 1. The molecule has 1 aromatic heterocycles. The van der Waals surface area contributed by atoms with Gasteiger partial charge in [-0.25, -0.2) is 4.98 Å². The Labute approximate surface area is 152 Å². The lowest BCUT2D eigenvalue weighted by Gasteiger charge is -2.32. The fourth-order valence-corrected chi connectivity index (χ4v) is 2.79. The first-order valence-corrected chi connectivity index (χ1v) is 8.61. The van der Waals surface area contributed by atoms with Gasteiger partial charge in [0, 0.05) is 26.1 Å². The number of ether oxygens (including phenoxy) is 2. The second-order valence-corrected chi connectivity index (χ2v) is 6.47. The third kappa shape index (κ3) is 4.36. The van der Waals surface area contributed by atoms with Gasteiger partial charge < -0.3 is 19.7 Å². The van der Waals surface area contributed by atoms with Crippen molar-refractivity contribution in [3.8, 4) is 0 Å². The summed E-state index contributed by atoms with van der Waals surface area (Å²) in [5.41, 5.74) is 1.11. The molecule has 1 saturated heterocycles. The van der Waals surface area contributed by atoms with Crippen molar-refractivity contribution in [3.05, 3.63) is 42.1 Å². The Kier molecular flexibility index (Phi) is 5.80. The smallest absolute Gasteiger partial charge is 0.270 e. The molecule has 138 valence electrons. The molecule has 1 aromatic carbocycles. The van der Waals surface area contributed by atoms with Crippen LogP contribution in [0.25, 0.3) is 10.9 Å². The maximum atomic E-state index is 12.6. The molecule has 0 saturated carbocycles. The van der Waals surface area contributed by atoms with Crippen molar-refractivity contribution >= 4 is 22.7 Å². The number of carbonyl (C=O) groups excluding carboxylic acids is 2. The topological polar surface area (TPSA) is 80.8 Å². The standard InChI is InChI=1S/C19H23N3O4/c1-22(2)18(23)12-26-17-9-10-25-11-16(17)21-19(24)15-8-7-13-5-3-4-6-14(13)20-15/h3-8,16-17H,9-12H2,1-2H3,(H,21,24)/t16-,17+/m0/s1. The maximum absolute atomic E-state index is 12.6. The summed E-state index contributed by atoms with van der Waals surface area (Å²) < 4.78 is 11.2. The van der Waals surface area contributed by atoms with Crippen LogP contribution in [0.3, 0.4) is 0 Å². The van der Waals surface area contributed by atoms with Gasteiger partial charge in [-0.1, -0.05) is 24.3 Å². The van der Waals surface area contributed by atoms with Crippen LogP contribution in [0.4, 0.5) is 0 Å². The molecule has 3 rings (SSSR count). The number of nitrogens with one attached hydrogen (secondary N) is 1. The number of para-hydroxylation sites is 1. The minimum Gasteiger partial charge on any atom is -0.379 e. The molecule has 2 heterocycles. The van der Waals surface area contributed by atoms with Crippen molar-refractivity contribution in [3.63, 3.8) is 0 Å². The largest absolute Gasteiger partial charge is 0.379 e. The average molecular weight is 357 g/mol. The van der Waals surface area contributed by atoms with E-state index in [0.717, 1.165) is 10.9 Å². The highest BCUT2D eigenvalue weighted by Crippen LogP contribution is 2.15. The molecule has 2 amide bonds. The second kappa shape index (κ2) is 8.25. The van der Waals surface area contributed by atoms with Crippen molar-refractivity contribution in [2.75, 3.05) is 33.9 Å². The van der Waals surface area contributed by atoms with E-state index in [1.165, 1.54) is 4.90 Å². The van der Waals surface area contributed by atoms with Gasteiger partial charge >= 0.3 is 0 Å². The molecule has 0 spiro atoms. The fourth-order valence-electron chi connectivity index (χ4n) is 2.79. The zero-order valence-corrected chi connectivity index (χ0v) is 15.0. The van der Waals surface area contributed by atoms with E-state index in [9.17, 15) is 9.59 Å². The van der Waals surface area contributed by atoms with Crippen LogP contribution >= 0.6 is 0 Å². The van der Waals surface area contributed by atoms with Gasteiger partial charge in [-0.15, -0.1) is 0 Å². The molecule has 1 N–H and O–H groups in total. The normalized spacial score (nSPS) is 19.9. The summed E-state index contributed by atoms with van der Waals surface area (Å²) in [5.74, 6) is -0.392. The lowest BCUT2D eigenvalue weighted by Crippen LogP contribution is -2.51. The van der Waals surface area contributed by atoms with Crippen LogP contribution in [-0.2, 0) is 14.3 Å². The molecular weight excluding hydrogens is 334 g/mol. The van der Waals surface area contributed by atoms with Gasteiger partial charge in [0.25, 0.3) is 5.91 Å². The van der Waals surface area contributed by atoms with Gasteiger partial charge in [0.2, 0.25) is 5.91 Å². The van der Waals surface area contributed by atoms with E-state index in [-0.39, 0.29) is 30.6 Å². The average Bonchev–Trinajstić information content (AvgIpc) is 2.66. The zero-order chi connectivity index (χ0) is 18.5. The molecule has 0 radical (unpaired) electrons. The summed E-state index contributed by atoms with van der Waals surface area (Å²) >= 11 is 0. The van der Waals surface area contributed by atoms with E-state index in [0.29, 0.717) is 25.3 Å². The number of rotatable bonds is 5. The van der Waals surface area contributed by atoms with Crippen molar-refractivity contribution in [1.82, 2.24) is 15.2 Å². The SMILES string of the molecule is CN(C)C(=O)CO[C@@H]1CCOC[C@@H]1NC(=O)c1ccc2ccccc2n1. The zero-order valence-electron chi connectivity index (χ0n) is 15.0. The first kappa shape index (κ1) is 18.3. The van der Waals surface area contributed by atoms with Crippen LogP contribution in [0.5, 0.6) is 0 Å². The van der Waals surface area contributed by atoms with Crippen molar-refractivity contribution in [1.29, 1.82) is 0 Å². The van der Waals surface area contributed by atoms with Gasteiger partial charge in [0.15, 0.2) is 0 Å². The van der Waals surface area contributed by atoms with Crippen LogP contribution in [0.2, 0.25) is 0 Å². The summed E-state index contributed by atoms with van der Waals surface area (Å²) in [7, 11) is 3.36. The number of fused-ring (bicyclic) bond motifs is 1. The number of hydrogen-bond donors (Lipinski definition) is 1. The summed E-state index contributed by atoms with van der Waals surface area (Å²) in [6.45, 7) is 0.875. The molecule has 7 nitrogen and oxygen atoms in total. The quantitative estimate of drug-likeness (QED) is 0.870.